The number of nitrogens with zero attached hydrogens (tertiary/aromatic N) is 4. The molecule has 6 nitrogen and oxygen atoms in total. The number of rotatable bonds is 3. The lowest BCUT2D eigenvalue weighted by Crippen LogP contribution is -2.52. The van der Waals surface area contributed by atoms with Crippen molar-refractivity contribution >= 4 is 17.1 Å². The molecule has 3 heterocycles. The maximum atomic E-state index is 13.2. The summed E-state index contributed by atoms with van der Waals surface area (Å²) in [4.78, 5) is 30.4. The van der Waals surface area contributed by atoms with Gasteiger partial charge >= 0.3 is 11.9 Å². The summed E-state index contributed by atoms with van der Waals surface area (Å²) >= 11 is 0. The molecule has 0 N–H and O–H groups in total. The van der Waals surface area contributed by atoms with Gasteiger partial charge in [0.05, 0.1) is 22.8 Å². The summed E-state index contributed by atoms with van der Waals surface area (Å²) < 4.78 is 54.4. The smallest absolute Gasteiger partial charge is 0.332 e. The van der Waals surface area contributed by atoms with E-state index in [1.54, 1.807) is 19.2 Å². The first kappa shape index (κ1) is 19.9. The largest absolute Gasteiger partial charge is 0.416 e. The number of carbonyl (C=O) groups is 1. The second-order valence-corrected chi connectivity index (χ2v) is 7.16. The number of fused-ring (bicyclic) bond motifs is 1. The Kier molecular flexibility index (Phi) is 4.52. The lowest BCUT2D eigenvalue weighted by Gasteiger charge is -2.39. The van der Waals surface area contributed by atoms with Gasteiger partial charge in [0.1, 0.15) is 0 Å². The first-order valence-electron chi connectivity index (χ1n) is 8.99. The van der Waals surface area contributed by atoms with Crippen molar-refractivity contribution in [2.24, 2.45) is 0 Å². The van der Waals surface area contributed by atoms with E-state index in [9.17, 15) is 27.2 Å². The van der Waals surface area contributed by atoms with Crippen LogP contribution in [0.2, 0.25) is 0 Å². The highest BCUT2D eigenvalue weighted by atomic mass is 19.4. The van der Waals surface area contributed by atoms with E-state index >= 15 is 0 Å². The van der Waals surface area contributed by atoms with Crippen molar-refractivity contribution in [2.75, 3.05) is 13.1 Å². The van der Waals surface area contributed by atoms with E-state index in [0.29, 0.717) is 11.2 Å². The first-order valence-corrected chi connectivity index (χ1v) is 8.99. The molecule has 1 amide bonds. The summed E-state index contributed by atoms with van der Waals surface area (Å²) in [5, 5.41) is 0. The average Bonchev–Trinajstić information content (AvgIpc) is 2.91. The van der Waals surface area contributed by atoms with Gasteiger partial charge in [-0.25, -0.2) is 14.2 Å². The van der Waals surface area contributed by atoms with Gasteiger partial charge in [0, 0.05) is 19.3 Å². The number of carbonyl (C=O) groups excluding carboxylic acids is 1. The number of pyridine rings is 1. The average molecular weight is 420 g/mol. The Morgan fingerprint density at radius 3 is 2.40 bits per heavy atom. The molecular formula is C20H16F4N4O2. The topological polar surface area (TPSA) is 60.1 Å². The van der Waals surface area contributed by atoms with Crippen LogP contribution in [0, 0.1) is 6.92 Å². The molecule has 1 aliphatic heterocycles. The zero-order valence-electron chi connectivity index (χ0n) is 15.8. The molecule has 0 bridgehead atoms. The molecule has 156 valence electrons. The second kappa shape index (κ2) is 6.82. The Morgan fingerprint density at radius 1 is 1.20 bits per heavy atom. The van der Waals surface area contributed by atoms with Crippen LogP contribution in [-0.2, 0) is 11.0 Å². The second-order valence-electron chi connectivity index (χ2n) is 7.16. The summed E-state index contributed by atoms with van der Waals surface area (Å²) in [6.07, 6.45) is -2.92. The van der Waals surface area contributed by atoms with Gasteiger partial charge in [-0.05, 0) is 42.8 Å². The highest BCUT2D eigenvalue weighted by Crippen LogP contribution is 2.31. The molecule has 0 saturated carbocycles. The molecule has 0 atom stereocenters. The molecule has 1 fully saturated rings. The van der Waals surface area contributed by atoms with Crippen LogP contribution >= 0.6 is 0 Å². The lowest BCUT2D eigenvalue weighted by atomic mass is 10.1. The number of alkyl halides is 3. The maximum absolute atomic E-state index is 13.2. The van der Waals surface area contributed by atoms with Crippen LogP contribution in [0.4, 0.5) is 17.6 Å². The van der Waals surface area contributed by atoms with Crippen LogP contribution in [0.3, 0.4) is 0 Å². The zero-order chi connectivity index (χ0) is 21.8. The minimum Gasteiger partial charge on any atom is -0.332 e. The van der Waals surface area contributed by atoms with Crippen LogP contribution in [0.25, 0.3) is 16.9 Å². The third-order valence-electron chi connectivity index (χ3n) is 5.05. The van der Waals surface area contributed by atoms with Crippen molar-refractivity contribution < 1.29 is 22.4 Å². The van der Waals surface area contributed by atoms with E-state index in [4.69, 9.17) is 0 Å². The molecule has 2 aromatic heterocycles. The van der Waals surface area contributed by atoms with Gasteiger partial charge in [-0.1, -0.05) is 6.58 Å². The predicted octanol–water partition coefficient (Wildman–Crippen LogP) is 3.38. The summed E-state index contributed by atoms with van der Waals surface area (Å²) in [5.41, 5.74) is 0.463. The van der Waals surface area contributed by atoms with E-state index in [1.807, 2.05) is 0 Å². The highest BCUT2D eigenvalue weighted by Gasteiger charge is 2.36. The summed E-state index contributed by atoms with van der Waals surface area (Å²) in [6.45, 7) is 4.96. The number of imidazole rings is 1. The minimum absolute atomic E-state index is 0.101. The van der Waals surface area contributed by atoms with Crippen molar-refractivity contribution in [3.63, 3.8) is 0 Å². The Labute approximate surface area is 167 Å². The molecule has 0 spiro atoms. The number of benzene rings is 1. The van der Waals surface area contributed by atoms with Crippen LogP contribution in [-0.4, -0.2) is 38.0 Å². The standard InChI is InChI=1S/C20H16F4N4O2/c1-11-7-16-17(25-8-11)28(15-9-26(10-15)18(29)12(2)21)19(30)27(16)14-5-3-13(4-6-14)20(22,23)24/h3-8,15H,2,9-10H2,1H3. The Morgan fingerprint density at radius 2 is 1.83 bits per heavy atom. The number of aryl methyl sites for hydroxylation is 1. The van der Waals surface area contributed by atoms with Gasteiger partial charge < -0.3 is 4.90 Å². The van der Waals surface area contributed by atoms with Gasteiger partial charge in [0.25, 0.3) is 5.91 Å². The monoisotopic (exact) mass is 420 g/mol. The Balaban J connectivity index is 1.80. The summed E-state index contributed by atoms with van der Waals surface area (Å²) in [7, 11) is 0. The predicted molar refractivity (Wildman–Crippen MR) is 101 cm³/mol. The van der Waals surface area contributed by atoms with Crippen molar-refractivity contribution in [3.8, 4) is 5.69 Å². The first-order chi connectivity index (χ1) is 14.1. The molecule has 1 aliphatic rings. The zero-order valence-corrected chi connectivity index (χ0v) is 15.8. The van der Waals surface area contributed by atoms with Crippen molar-refractivity contribution in [1.29, 1.82) is 0 Å². The number of aromatic nitrogens is 3. The van der Waals surface area contributed by atoms with E-state index in [2.05, 4.69) is 11.6 Å². The van der Waals surface area contributed by atoms with Gasteiger partial charge in [-0.3, -0.25) is 13.9 Å². The van der Waals surface area contributed by atoms with E-state index in [0.717, 1.165) is 17.7 Å². The molecule has 1 saturated heterocycles. The number of likely N-dealkylation sites (tertiary alicyclic amines) is 1. The molecular weight excluding hydrogens is 404 g/mol. The van der Waals surface area contributed by atoms with Crippen molar-refractivity contribution in [1.82, 2.24) is 19.0 Å². The lowest BCUT2D eigenvalue weighted by molar-refractivity contribution is -0.137. The van der Waals surface area contributed by atoms with Crippen LogP contribution in [0.5, 0.6) is 0 Å². The molecule has 0 unspecified atom stereocenters. The van der Waals surface area contributed by atoms with Crippen molar-refractivity contribution in [2.45, 2.75) is 19.1 Å². The molecule has 4 rings (SSSR count). The van der Waals surface area contributed by atoms with Gasteiger partial charge in [0.2, 0.25) is 0 Å². The van der Waals surface area contributed by atoms with Crippen LogP contribution in [0.15, 0.2) is 53.7 Å². The normalized spacial score (nSPS) is 14.8. The number of hydrogen-bond acceptors (Lipinski definition) is 3. The van der Waals surface area contributed by atoms with Crippen LogP contribution in [0.1, 0.15) is 17.2 Å². The summed E-state index contributed by atoms with van der Waals surface area (Å²) in [5.74, 6) is -1.92. The molecule has 0 aliphatic carbocycles. The third kappa shape index (κ3) is 3.17. The summed E-state index contributed by atoms with van der Waals surface area (Å²) in [6, 6.07) is 5.53. The molecule has 30 heavy (non-hydrogen) atoms. The fourth-order valence-corrected chi connectivity index (χ4v) is 3.53. The van der Waals surface area contributed by atoms with E-state index in [1.165, 1.54) is 26.2 Å². The molecule has 0 radical (unpaired) electrons. The number of halogens is 4. The Bertz CT molecular complexity index is 1220. The SMILES string of the molecule is C=C(F)C(=O)N1CC(n2c(=O)n(-c3ccc(C(F)(F)F)cc3)c3cc(C)cnc32)C1. The van der Waals surface area contributed by atoms with Gasteiger partial charge in [-0.2, -0.15) is 13.2 Å². The maximum Gasteiger partial charge on any atom is 0.416 e. The van der Waals surface area contributed by atoms with Gasteiger partial charge in [0.15, 0.2) is 11.5 Å². The molecule has 10 heteroatoms. The Hall–Kier alpha value is -3.43. The fourth-order valence-electron chi connectivity index (χ4n) is 3.53. The van der Waals surface area contributed by atoms with Gasteiger partial charge in [-0.15, -0.1) is 0 Å². The highest BCUT2D eigenvalue weighted by molar-refractivity contribution is 5.91. The molecule has 3 aromatic rings. The molecule has 1 aromatic carbocycles. The van der Waals surface area contributed by atoms with E-state index in [-0.39, 0.29) is 18.8 Å². The van der Waals surface area contributed by atoms with E-state index < -0.39 is 35.2 Å². The number of hydrogen-bond donors (Lipinski definition) is 0. The third-order valence-corrected chi connectivity index (χ3v) is 5.05. The fraction of sp³-hybridized carbons (Fsp3) is 0.250. The quantitative estimate of drug-likeness (QED) is 0.482. The number of amides is 1. The van der Waals surface area contributed by atoms with Crippen molar-refractivity contribution in [3.05, 3.63) is 70.5 Å². The van der Waals surface area contributed by atoms with Crippen LogP contribution < -0.4 is 5.69 Å². The minimum atomic E-state index is -4.49.